The summed E-state index contributed by atoms with van der Waals surface area (Å²) in [4.78, 5) is 34.9. The van der Waals surface area contributed by atoms with Crippen molar-refractivity contribution >= 4 is 11.8 Å². The fraction of sp³-hybridized carbons (Fsp3) is 0.706. The van der Waals surface area contributed by atoms with E-state index in [2.05, 4.69) is 9.97 Å². The van der Waals surface area contributed by atoms with Crippen LogP contribution in [-0.4, -0.2) is 68.0 Å². The van der Waals surface area contributed by atoms with Gasteiger partial charge in [-0.15, -0.1) is 0 Å². The number of carbonyl (C=O) groups is 2. The molecule has 0 bridgehead atoms. The Hall–Kier alpha value is -1.89. The summed E-state index contributed by atoms with van der Waals surface area (Å²) >= 11 is 0. The van der Waals surface area contributed by atoms with Crippen LogP contribution in [0.3, 0.4) is 0 Å². The Kier molecular flexibility index (Phi) is 4.15. The molecule has 0 aliphatic carbocycles. The molecule has 1 atom stereocenters. The highest BCUT2D eigenvalue weighted by Gasteiger charge is 2.50. The molecule has 7 heteroatoms. The lowest BCUT2D eigenvalue weighted by Crippen LogP contribution is -2.64. The van der Waals surface area contributed by atoms with Crippen LogP contribution in [0.5, 0.6) is 0 Å². The van der Waals surface area contributed by atoms with Gasteiger partial charge in [0.05, 0.1) is 11.6 Å². The fourth-order valence-corrected chi connectivity index (χ4v) is 4.04. The summed E-state index contributed by atoms with van der Waals surface area (Å²) in [6.07, 6.45) is 4.91. The van der Waals surface area contributed by atoms with Crippen LogP contribution in [0.4, 0.5) is 0 Å². The van der Waals surface area contributed by atoms with Crippen LogP contribution in [-0.2, 0) is 4.79 Å². The molecule has 2 aliphatic heterocycles. The molecule has 2 aliphatic rings. The fourth-order valence-electron chi connectivity index (χ4n) is 4.04. The molecule has 1 unspecified atom stereocenters. The van der Waals surface area contributed by atoms with Gasteiger partial charge in [0.2, 0.25) is 5.91 Å². The quantitative estimate of drug-likeness (QED) is 0.802. The normalized spacial score (nSPS) is 25.8. The Morgan fingerprint density at radius 1 is 1.33 bits per heavy atom. The number of aromatic amines is 1. The first kappa shape index (κ1) is 17.0. The first-order chi connectivity index (χ1) is 11.3. The zero-order valence-electron chi connectivity index (χ0n) is 14.6. The number of carbonyl (C=O) groups excluding carboxylic acids is 2. The highest BCUT2D eigenvalue weighted by molar-refractivity contribution is 5.90. The summed E-state index contributed by atoms with van der Waals surface area (Å²) in [5.41, 5.74) is -0.654. The molecule has 2 fully saturated rings. The second kappa shape index (κ2) is 5.88. The first-order valence-electron chi connectivity index (χ1n) is 8.50. The van der Waals surface area contributed by atoms with Gasteiger partial charge in [-0.25, -0.2) is 4.98 Å². The number of H-pyrrole nitrogens is 1. The van der Waals surface area contributed by atoms with E-state index in [0.29, 0.717) is 31.9 Å². The van der Waals surface area contributed by atoms with E-state index in [-0.39, 0.29) is 17.2 Å². The van der Waals surface area contributed by atoms with Crippen molar-refractivity contribution < 1.29 is 14.7 Å². The number of aliphatic hydroxyl groups excluding tert-OH is 1. The lowest BCUT2D eigenvalue weighted by atomic mass is 9.67. The standard InChI is InChI=1S/C17H26N4O3/c1-12(22)21-11-17(10-13(23)16(21,2)3)4-8-20(9-5-17)15(24)14-18-6-7-19-14/h6-7,13,23H,4-5,8-11H2,1-3H3,(H,18,19). The Bertz CT molecular complexity index is 618. The van der Waals surface area contributed by atoms with E-state index in [1.807, 2.05) is 13.8 Å². The number of piperidine rings is 2. The predicted molar refractivity (Wildman–Crippen MR) is 88.2 cm³/mol. The van der Waals surface area contributed by atoms with Crippen LogP contribution in [0.15, 0.2) is 12.4 Å². The zero-order chi connectivity index (χ0) is 17.5. The number of likely N-dealkylation sites (tertiary alicyclic amines) is 2. The van der Waals surface area contributed by atoms with Crippen LogP contribution in [0, 0.1) is 5.41 Å². The topological polar surface area (TPSA) is 89.5 Å². The van der Waals surface area contributed by atoms with Crippen molar-refractivity contribution in [1.82, 2.24) is 19.8 Å². The first-order valence-corrected chi connectivity index (χ1v) is 8.50. The third-order valence-corrected chi connectivity index (χ3v) is 5.82. The Morgan fingerprint density at radius 3 is 2.54 bits per heavy atom. The molecule has 24 heavy (non-hydrogen) atoms. The number of hydrogen-bond acceptors (Lipinski definition) is 4. The van der Waals surface area contributed by atoms with Crippen molar-refractivity contribution in [2.75, 3.05) is 19.6 Å². The number of nitrogens with zero attached hydrogens (tertiary/aromatic N) is 3. The summed E-state index contributed by atoms with van der Waals surface area (Å²) in [6, 6.07) is 0. The number of imidazole rings is 1. The lowest BCUT2D eigenvalue weighted by Gasteiger charge is -2.55. The highest BCUT2D eigenvalue weighted by Crippen LogP contribution is 2.45. The summed E-state index contributed by atoms with van der Waals surface area (Å²) in [7, 11) is 0. The third kappa shape index (κ3) is 2.81. The van der Waals surface area contributed by atoms with Crippen LogP contribution < -0.4 is 0 Å². The summed E-state index contributed by atoms with van der Waals surface area (Å²) in [6.45, 7) is 7.29. The van der Waals surface area contributed by atoms with Crippen molar-refractivity contribution in [2.45, 2.75) is 51.7 Å². The molecule has 7 nitrogen and oxygen atoms in total. The van der Waals surface area contributed by atoms with Crippen molar-refractivity contribution in [1.29, 1.82) is 0 Å². The van der Waals surface area contributed by atoms with E-state index in [0.717, 1.165) is 12.8 Å². The molecule has 1 aromatic rings. The average molecular weight is 334 g/mol. The third-order valence-electron chi connectivity index (χ3n) is 5.82. The van der Waals surface area contributed by atoms with Crippen LogP contribution in [0.2, 0.25) is 0 Å². The molecule has 3 rings (SSSR count). The maximum absolute atomic E-state index is 12.4. The average Bonchev–Trinajstić information content (AvgIpc) is 3.05. The van der Waals surface area contributed by atoms with Gasteiger partial charge in [0, 0.05) is 39.0 Å². The van der Waals surface area contributed by atoms with Crippen LogP contribution in [0.25, 0.3) is 0 Å². The Labute approximate surface area is 142 Å². The van der Waals surface area contributed by atoms with Gasteiger partial charge in [0.25, 0.3) is 5.91 Å². The number of nitrogens with one attached hydrogen (secondary N) is 1. The van der Waals surface area contributed by atoms with Gasteiger partial charge in [0.1, 0.15) is 0 Å². The molecule has 132 valence electrons. The van der Waals surface area contributed by atoms with Gasteiger partial charge in [0.15, 0.2) is 5.82 Å². The van der Waals surface area contributed by atoms with Gasteiger partial charge in [-0.05, 0) is 38.5 Å². The second-order valence-electron chi connectivity index (χ2n) is 7.71. The minimum Gasteiger partial charge on any atom is -0.391 e. The molecule has 1 aromatic heterocycles. The number of amides is 2. The molecular weight excluding hydrogens is 308 g/mol. The Balaban J connectivity index is 1.71. The number of aromatic nitrogens is 2. The zero-order valence-corrected chi connectivity index (χ0v) is 14.6. The van der Waals surface area contributed by atoms with E-state index in [1.165, 1.54) is 0 Å². The maximum atomic E-state index is 12.4. The monoisotopic (exact) mass is 334 g/mol. The summed E-state index contributed by atoms with van der Waals surface area (Å²) < 4.78 is 0. The molecular formula is C17H26N4O3. The van der Waals surface area contributed by atoms with E-state index in [9.17, 15) is 14.7 Å². The Morgan fingerprint density at radius 2 is 2.00 bits per heavy atom. The molecule has 0 saturated carbocycles. The van der Waals surface area contributed by atoms with Crippen LogP contribution >= 0.6 is 0 Å². The minimum absolute atomic E-state index is 0.00721. The molecule has 0 radical (unpaired) electrons. The van der Waals surface area contributed by atoms with Gasteiger partial charge in [-0.1, -0.05) is 0 Å². The predicted octanol–water partition coefficient (Wildman–Crippen LogP) is 1.02. The molecule has 2 N–H and O–H groups in total. The molecule has 1 spiro atoms. The van der Waals surface area contributed by atoms with Gasteiger partial charge in [-0.3, -0.25) is 9.59 Å². The van der Waals surface area contributed by atoms with Gasteiger partial charge < -0.3 is 19.9 Å². The van der Waals surface area contributed by atoms with E-state index < -0.39 is 11.6 Å². The summed E-state index contributed by atoms with van der Waals surface area (Å²) in [5.74, 6) is 0.267. The lowest BCUT2D eigenvalue weighted by molar-refractivity contribution is -0.156. The molecule has 2 saturated heterocycles. The van der Waals surface area contributed by atoms with E-state index in [4.69, 9.17) is 0 Å². The second-order valence-corrected chi connectivity index (χ2v) is 7.71. The number of hydrogen-bond donors (Lipinski definition) is 2. The van der Waals surface area contributed by atoms with Gasteiger partial charge >= 0.3 is 0 Å². The SMILES string of the molecule is CC(=O)N1CC2(CCN(C(=O)c3ncc[nH]3)CC2)CC(O)C1(C)C. The van der Waals surface area contributed by atoms with E-state index >= 15 is 0 Å². The maximum Gasteiger partial charge on any atom is 0.289 e. The van der Waals surface area contributed by atoms with Crippen molar-refractivity contribution in [3.63, 3.8) is 0 Å². The van der Waals surface area contributed by atoms with Crippen LogP contribution in [0.1, 0.15) is 50.7 Å². The van der Waals surface area contributed by atoms with Gasteiger partial charge in [-0.2, -0.15) is 0 Å². The minimum atomic E-state index is -0.553. The molecule has 2 amide bonds. The summed E-state index contributed by atoms with van der Waals surface area (Å²) in [5, 5.41) is 10.6. The van der Waals surface area contributed by atoms with Crippen molar-refractivity contribution in [3.05, 3.63) is 18.2 Å². The largest absolute Gasteiger partial charge is 0.391 e. The number of rotatable bonds is 1. The molecule has 3 heterocycles. The highest BCUT2D eigenvalue weighted by atomic mass is 16.3. The van der Waals surface area contributed by atoms with Crippen molar-refractivity contribution in [3.8, 4) is 0 Å². The molecule has 0 aromatic carbocycles. The van der Waals surface area contributed by atoms with Crippen molar-refractivity contribution in [2.24, 2.45) is 5.41 Å². The van der Waals surface area contributed by atoms with E-state index in [1.54, 1.807) is 29.1 Å². The smallest absolute Gasteiger partial charge is 0.289 e. The number of aliphatic hydroxyl groups is 1.